The molecule has 1 saturated heterocycles. The molecule has 5 nitrogen and oxygen atoms in total. The van der Waals surface area contributed by atoms with Gasteiger partial charge in [0.1, 0.15) is 12.2 Å². The molecule has 1 heterocycles. The largest absolute Gasteiger partial charge is 0.466 e. The molecule has 5 heteroatoms. The molecule has 0 N–H and O–H groups in total. The molecule has 0 radical (unpaired) electrons. The Morgan fingerprint density at radius 1 is 0.926 bits per heavy atom. The lowest BCUT2D eigenvalue weighted by Gasteiger charge is -2.35. The minimum atomic E-state index is -0.629. The molecule has 3 rings (SSSR count). The second-order valence-corrected chi connectivity index (χ2v) is 7.42. The third kappa shape index (κ3) is 5.19. The number of hydrogen-bond donors (Lipinski definition) is 0. The summed E-state index contributed by atoms with van der Waals surface area (Å²) in [7, 11) is 0. The Bertz CT molecular complexity index is 696. The van der Waals surface area contributed by atoms with Gasteiger partial charge in [0.25, 0.3) is 0 Å². The molecular formula is C22H28O5. The van der Waals surface area contributed by atoms with Crippen LogP contribution in [0.25, 0.3) is 6.08 Å². The van der Waals surface area contributed by atoms with Crippen molar-refractivity contribution in [1.82, 2.24) is 0 Å². The van der Waals surface area contributed by atoms with E-state index >= 15 is 0 Å². The standard InChI is InChI=1S/C22H28O5/c1-22(19-13-12-17-8-2-3-9-18(17)19)16-26-21(24)11-5-4-10-20(23)25-14-6-7-15-27-22/h2-3,8-9,12-13,19H,4-7,10-11,14-16H2,1H3. The highest BCUT2D eigenvalue weighted by Gasteiger charge is 2.39. The molecule has 1 aromatic carbocycles. The summed E-state index contributed by atoms with van der Waals surface area (Å²) < 4.78 is 17.0. The summed E-state index contributed by atoms with van der Waals surface area (Å²) in [6, 6.07) is 8.23. The van der Waals surface area contributed by atoms with Gasteiger partial charge in [0.05, 0.1) is 6.61 Å². The Morgan fingerprint density at radius 2 is 1.63 bits per heavy atom. The third-order valence-electron chi connectivity index (χ3n) is 5.22. The van der Waals surface area contributed by atoms with Crippen molar-refractivity contribution in [2.45, 2.75) is 57.0 Å². The quantitative estimate of drug-likeness (QED) is 0.697. The first kappa shape index (κ1) is 19.6. The zero-order chi connectivity index (χ0) is 19.1. The molecular weight excluding hydrogens is 344 g/mol. The maximum atomic E-state index is 12.1. The lowest BCUT2D eigenvalue weighted by atomic mass is 9.85. The number of benzene rings is 1. The highest BCUT2D eigenvalue weighted by atomic mass is 16.6. The van der Waals surface area contributed by atoms with Crippen LogP contribution in [-0.2, 0) is 23.8 Å². The number of rotatable bonds is 1. The number of esters is 2. The van der Waals surface area contributed by atoms with E-state index in [-0.39, 0.29) is 24.5 Å². The van der Waals surface area contributed by atoms with E-state index in [1.165, 1.54) is 11.1 Å². The van der Waals surface area contributed by atoms with E-state index < -0.39 is 5.60 Å². The van der Waals surface area contributed by atoms with E-state index in [0.717, 1.165) is 12.8 Å². The first-order valence-corrected chi connectivity index (χ1v) is 9.81. The summed E-state index contributed by atoms with van der Waals surface area (Å²) in [4.78, 5) is 23.8. The second kappa shape index (κ2) is 9.18. The summed E-state index contributed by atoms with van der Waals surface area (Å²) in [5.74, 6) is -0.407. The van der Waals surface area contributed by atoms with Gasteiger partial charge in [0, 0.05) is 25.4 Å². The molecule has 2 aliphatic rings. The van der Waals surface area contributed by atoms with E-state index in [0.29, 0.717) is 38.9 Å². The molecule has 27 heavy (non-hydrogen) atoms. The average Bonchev–Trinajstić information content (AvgIpc) is 3.10. The molecule has 146 valence electrons. The van der Waals surface area contributed by atoms with Gasteiger partial charge in [-0.25, -0.2) is 0 Å². The number of fused-ring (bicyclic) bond motifs is 1. The Morgan fingerprint density at radius 3 is 2.44 bits per heavy atom. The maximum Gasteiger partial charge on any atom is 0.305 e. The molecule has 0 aromatic heterocycles. The van der Waals surface area contributed by atoms with Gasteiger partial charge >= 0.3 is 11.9 Å². The van der Waals surface area contributed by atoms with Gasteiger partial charge in [-0.1, -0.05) is 36.4 Å². The molecule has 1 aliphatic heterocycles. The van der Waals surface area contributed by atoms with Crippen LogP contribution < -0.4 is 0 Å². The van der Waals surface area contributed by atoms with Crippen molar-refractivity contribution in [3.63, 3.8) is 0 Å². The molecule has 1 aromatic rings. The fourth-order valence-electron chi connectivity index (χ4n) is 3.61. The molecule has 1 aliphatic carbocycles. The first-order valence-electron chi connectivity index (χ1n) is 9.81. The lowest BCUT2D eigenvalue weighted by molar-refractivity contribution is -0.156. The van der Waals surface area contributed by atoms with Crippen LogP contribution in [0.1, 0.15) is 62.5 Å². The van der Waals surface area contributed by atoms with Crippen molar-refractivity contribution < 1.29 is 23.8 Å². The van der Waals surface area contributed by atoms with Crippen LogP contribution in [0.4, 0.5) is 0 Å². The molecule has 0 bridgehead atoms. The molecule has 1 fully saturated rings. The maximum absolute atomic E-state index is 12.1. The first-order chi connectivity index (χ1) is 13.1. The average molecular weight is 372 g/mol. The predicted octanol–water partition coefficient (Wildman–Crippen LogP) is 4.01. The fraction of sp³-hybridized carbons (Fsp3) is 0.545. The SMILES string of the molecule is CC1(C2C=Cc3ccccc32)COC(=O)CCCCC(=O)OCCCCO1. The number of carbonyl (C=O) groups is 2. The smallest absolute Gasteiger partial charge is 0.305 e. The molecule has 0 amide bonds. The van der Waals surface area contributed by atoms with Crippen molar-refractivity contribution >= 4 is 18.0 Å². The van der Waals surface area contributed by atoms with Gasteiger partial charge in [-0.15, -0.1) is 0 Å². The van der Waals surface area contributed by atoms with E-state index in [9.17, 15) is 9.59 Å². The van der Waals surface area contributed by atoms with E-state index in [1.54, 1.807) is 0 Å². The Balaban J connectivity index is 1.71. The highest BCUT2D eigenvalue weighted by Crippen LogP contribution is 2.40. The Kier molecular flexibility index (Phi) is 6.67. The fourth-order valence-corrected chi connectivity index (χ4v) is 3.61. The second-order valence-electron chi connectivity index (χ2n) is 7.42. The number of hydrogen-bond acceptors (Lipinski definition) is 5. The van der Waals surface area contributed by atoms with Gasteiger partial charge in [-0.2, -0.15) is 0 Å². The zero-order valence-corrected chi connectivity index (χ0v) is 15.9. The van der Waals surface area contributed by atoms with Crippen LogP contribution in [0.15, 0.2) is 30.3 Å². The minimum Gasteiger partial charge on any atom is -0.466 e. The Labute approximate surface area is 160 Å². The Hall–Kier alpha value is -2.14. The normalized spacial score (nSPS) is 27.8. The summed E-state index contributed by atoms with van der Waals surface area (Å²) in [5, 5.41) is 0. The van der Waals surface area contributed by atoms with E-state index in [2.05, 4.69) is 24.3 Å². The van der Waals surface area contributed by atoms with Gasteiger partial charge in [0.15, 0.2) is 0 Å². The van der Waals surface area contributed by atoms with Gasteiger partial charge in [-0.3, -0.25) is 9.59 Å². The summed E-state index contributed by atoms with van der Waals surface area (Å²) in [5.41, 5.74) is 1.75. The number of ether oxygens (including phenoxy) is 3. The van der Waals surface area contributed by atoms with Crippen molar-refractivity contribution in [3.8, 4) is 0 Å². The van der Waals surface area contributed by atoms with Crippen molar-refractivity contribution in [2.75, 3.05) is 19.8 Å². The number of cyclic esters (lactones) is 2. The molecule has 0 saturated carbocycles. The van der Waals surface area contributed by atoms with E-state index in [1.807, 2.05) is 19.1 Å². The van der Waals surface area contributed by atoms with Crippen molar-refractivity contribution in [1.29, 1.82) is 0 Å². The van der Waals surface area contributed by atoms with Crippen LogP contribution in [0.2, 0.25) is 0 Å². The molecule has 2 unspecified atom stereocenters. The minimum absolute atomic E-state index is 0.0370. The van der Waals surface area contributed by atoms with Crippen molar-refractivity contribution in [2.24, 2.45) is 0 Å². The molecule has 2 atom stereocenters. The summed E-state index contributed by atoms with van der Waals surface area (Å²) in [6.07, 6.45) is 7.71. The summed E-state index contributed by atoms with van der Waals surface area (Å²) in [6.45, 7) is 3.17. The topological polar surface area (TPSA) is 61.8 Å². The van der Waals surface area contributed by atoms with Crippen LogP contribution in [0.5, 0.6) is 0 Å². The predicted molar refractivity (Wildman–Crippen MR) is 102 cm³/mol. The highest BCUT2D eigenvalue weighted by molar-refractivity contribution is 5.70. The van der Waals surface area contributed by atoms with Gasteiger partial charge in [0.2, 0.25) is 0 Å². The van der Waals surface area contributed by atoms with Gasteiger partial charge in [-0.05, 0) is 43.7 Å². The van der Waals surface area contributed by atoms with Crippen LogP contribution in [0, 0.1) is 0 Å². The zero-order valence-electron chi connectivity index (χ0n) is 15.9. The molecule has 0 spiro atoms. The number of carbonyl (C=O) groups excluding carboxylic acids is 2. The van der Waals surface area contributed by atoms with Crippen LogP contribution >= 0.6 is 0 Å². The summed E-state index contributed by atoms with van der Waals surface area (Å²) >= 11 is 0. The van der Waals surface area contributed by atoms with Crippen LogP contribution in [-0.4, -0.2) is 37.4 Å². The monoisotopic (exact) mass is 372 g/mol. The van der Waals surface area contributed by atoms with Gasteiger partial charge < -0.3 is 14.2 Å². The lowest BCUT2D eigenvalue weighted by Crippen LogP contribution is -2.41. The van der Waals surface area contributed by atoms with Crippen molar-refractivity contribution in [3.05, 3.63) is 41.5 Å². The van der Waals surface area contributed by atoms with E-state index in [4.69, 9.17) is 14.2 Å². The third-order valence-corrected chi connectivity index (χ3v) is 5.22. The van der Waals surface area contributed by atoms with Crippen LogP contribution in [0.3, 0.4) is 0 Å².